The molecule has 0 saturated heterocycles. The number of nitrogen functional groups attached to an aromatic ring is 1. The van der Waals surface area contributed by atoms with Crippen LogP contribution in [0.5, 0.6) is 5.75 Å². The van der Waals surface area contributed by atoms with Crippen molar-refractivity contribution >= 4 is 5.82 Å². The molecular formula is C9H12N4O. The molecule has 5 nitrogen and oxygen atoms in total. The van der Waals surface area contributed by atoms with E-state index >= 15 is 0 Å². The van der Waals surface area contributed by atoms with Gasteiger partial charge < -0.3 is 15.4 Å². The fourth-order valence-electron chi connectivity index (χ4n) is 0.868. The van der Waals surface area contributed by atoms with Crippen molar-refractivity contribution in [1.29, 1.82) is 5.26 Å². The molecule has 1 aromatic rings. The maximum Gasteiger partial charge on any atom is 0.179 e. The number of rotatable bonds is 4. The number of hydrogen-bond acceptors (Lipinski definition) is 5. The van der Waals surface area contributed by atoms with Gasteiger partial charge in [0.05, 0.1) is 6.54 Å². The Hall–Kier alpha value is -1.96. The molecule has 0 bridgehead atoms. The van der Waals surface area contributed by atoms with E-state index in [4.69, 9.17) is 15.7 Å². The minimum atomic E-state index is 0.427. The highest BCUT2D eigenvalue weighted by Gasteiger charge is 1.96. The van der Waals surface area contributed by atoms with E-state index in [0.717, 1.165) is 0 Å². The second-order valence-electron chi connectivity index (χ2n) is 2.79. The van der Waals surface area contributed by atoms with Gasteiger partial charge in [0.15, 0.2) is 6.19 Å². The topological polar surface area (TPSA) is 75.2 Å². The summed E-state index contributed by atoms with van der Waals surface area (Å²) in [4.78, 5) is 5.32. The Labute approximate surface area is 82.7 Å². The highest BCUT2D eigenvalue weighted by molar-refractivity contribution is 5.35. The number of nitrogens with zero attached hydrogens (tertiary/aromatic N) is 3. The zero-order valence-corrected chi connectivity index (χ0v) is 7.97. The summed E-state index contributed by atoms with van der Waals surface area (Å²) in [5.41, 5.74) is 5.46. The van der Waals surface area contributed by atoms with Crippen LogP contribution in [0.25, 0.3) is 0 Å². The number of hydrogen-bond donors (Lipinski definition) is 1. The fourth-order valence-corrected chi connectivity index (χ4v) is 0.868. The standard InChI is InChI=1S/C9H12N4O/c1-13(7-10)4-5-14-8-2-3-12-9(11)6-8/h2-3,6H,4-5H2,1H3,(H2,11,12). The SMILES string of the molecule is CN(C#N)CCOc1ccnc(N)c1. The van der Waals surface area contributed by atoms with Gasteiger partial charge in [0.1, 0.15) is 18.2 Å². The van der Waals surface area contributed by atoms with Crippen molar-refractivity contribution in [2.45, 2.75) is 0 Å². The Bertz CT molecular complexity index is 334. The lowest BCUT2D eigenvalue weighted by molar-refractivity contribution is 0.278. The molecule has 1 rings (SSSR count). The molecule has 0 saturated carbocycles. The van der Waals surface area contributed by atoms with E-state index in [1.807, 2.05) is 6.19 Å². The third kappa shape index (κ3) is 3.19. The van der Waals surface area contributed by atoms with E-state index in [2.05, 4.69) is 4.98 Å². The molecule has 1 aromatic heterocycles. The van der Waals surface area contributed by atoms with Crippen LogP contribution in [0.15, 0.2) is 18.3 Å². The smallest absolute Gasteiger partial charge is 0.179 e. The lowest BCUT2D eigenvalue weighted by Crippen LogP contribution is -2.19. The van der Waals surface area contributed by atoms with Crippen molar-refractivity contribution < 1.29 is 4.74 Å². The van der Waals surface area contributed by atoms with E-state index in [0.29, 0.717) is 24.7 Å². The molecule has 14 heavy (non-hydrogen) atoms. The van der Waals surface area contributed by atoms with Gasteiger partial charge >= 0.3 is 0 Å². The quantitative estimate of drug-likeness (QED) is 0.554. The summed E-state index contributed by atoms with van der Waals surface area (Å²) in [5, 5.41) is 8.47. The van der Waals surface area contributed by atoms with Crippen molar-refractivity contribution in [1.82, 2.24) is 9.88 Å². The van der Waals surface area contributed by atoms with Gasteiger partial charge in [-0.15, -0.1) is 0 Å². The largest absolute Gasteiger partial charge is 0.492 e. The first-order valence-corrected chi connectivity index (χ1v) is 4.17. The summed E-state index contributed by atoms with van der Waals surface area (Å²) in [6.07, 6.45) is 3.56. The van der Waals surface area contributed by atoms with Crippen molar-refractivity contribution in [3.05, 3.63) is 18.3 Å². The lowest BCUT2D eigenvalue weighted by Gasteiger charge is -2.10. The Morgan fingerprint density at radius 2 is 2.50 bits per heavy atom. The zero-order valence-electron chi connectivity index (χ0n) is 7.97. The van der Waals surface area contributed by atoms with E-state index in [-0.39, 0.29) is 0 Å². The summed E-state index contributed by atoms with van der Waals surface area (Å²) in [6.45, 7) is 1.01. The predicted molar refractivity (Wildman–Crippen MR) is 52.4 cm³/mol. The van der Waals surface area contributed by atoms with Gasteiger partial charge in [-0.3, -0.25) is 0 Å². The molecule has 0 fully saturated rings. The van der Waals surface area contributed by atoms with Gasteiger partial charge in [-0.25, -0.2) is 4.98 Å². The Morgan fingerprint density at radius 3 is 3.14 bits per heavy atom. The summed E-state index contributed by atoms with van der Waals surface area (Å²) >= 11 is 0. The second-order valence-corrected chi connectivity index (χ2v) is 2.79. The van der Waals surface area contributed by atoms with Crippen LogP contribution in [0.4, 0.5) is 5.82 Å². The molecule has 0 atom stereocenters. The first kappa shape index (κ1) is 10.1. The molecule has 74 valence electrons. The molecule has 0 amide bonds. The minimum Gasteiger partial charge on any atom is -0.492 e. The third-order valence-electron chi connectivity index (χ3n) is 1.62. The number of aromatic nitrogens is 1. The molecular weight excluding hydrogens is 180 g/mol. The highest BCUT2D eigenvalue weighted by atomic mass is 16.5. The van der Waals surface area contributed by atoms with Crippen LogP contribution in [-0.4, -0.2) is 30.1 Å². The van der Waals surface area contributed by atoms with E-state index < -0.39 is 0 Å². The predicted octanol–water partition coefficient (Wildman–Crippen LogP) is 0.455. The van der Waals surface area contributed by atoms with E-state index in [1.54, 1.807) is 25.4 Å². The zero-order chi connectivity index (χ0) is 10.4. The summed E-state index contributed by atoms with van der Waals surface area (Å²) in [5.74, 6) is 1.10. The average molecular weight is 192 g/mol. The number of pyridine rings is 1. The third-order valence-corrected chi connectivity index (χ3v) is 1.62. The maximum absolute atomic E-state index is 8.47. The van der Waals surface area contributed by atoms with Gasteiger partial charge in [0.25, 0.3) is 0 Å². The van der Waals surface area contributed by atoms with Crippen molar-refractivity contribution in [2.24, 2.45) is 0 Å². The van der Waals surface area contributed by atoms with Gasteiger partial charge in [0.2, 0.25) is 0 Å². The maximum atomic E-state index is 8.47. The van der Waals surface area contributed by atoms with Gasteiger partial charge in [0, 0.05) is 19.3 Å². The van der Waals surface area contributed by atoms with Crippen LogP contribution in [0, 0.1) is 11.5 Å². The van der Waals surface area contributed by atoms with E-state index in [9.17, 15) is 0 Å². The molecule has 5 heteroatoms. The molecule has 0 unspecified atom stereocenters. The van der Waals surface area contributed by atoms with Crippen molar-refractivity contribution in [3.8, 4) is 11.9 Å². The number of anilines is 1. The molecule has 0 aromatic carbocycles. The molecule has 0 aliphatic carbocycles. The first-order chi connectivity index (χ1) is 6.72. The molecule has 2 N–H and O–H groups in total. The monoisotopic (exact) mass is 192 g/mol. The fraction of sp³-hybridized carbons (Fsp3) is 0.333. The number of nitrogens with two attached hydrogens (primary N) is 1. The van der Waals surface area contributed by atoms with Crippen LogP contribution in [0.2, 0.25) is 0 Å². The van der Waals surface area contributed by atoms with Crippen LogP contribution < -0.4 is 10.5 Å². The molecule has 1 heterocycles. The number of ether oxygens (including phenoxy) is 1. The first-order valence-electron chi connectivity index (χ1n) is 4.17. The summed E-state index contributed by atoms with van der Waals surface area (Å²) in [6, 6.07) is 3.37. The molecule has 0 radical (unpaired) electrons. The molecule has 0 aliphatic rings. The van der Waals surface area contributed by atoms with Crippen LogP contribution in [0.3, 0.4) is 0 Å². The van der Waals surface area contributed by atoms with E-state index in [1.165, 1.54) is 4.90 Å². The summed E-state index contributed by atoms with van der Waals surface area (Å²) in [7, 11) is 1.70. The Kier molecular flexibility index (Phi) is 3.56. The normalized spacial score (nSPS) is 9.14. The second kappa shape index (κ2) is 4.92. The average Bonchev–Trinajstić information content (AvgIpc) is 2.17. The molecule has 0 spiro atoms. The van der Waals surface area contributed by atoms with Gasteiger partial charge in [-0.2, -0.15) is 5.26 Å². The number of likely N-dealkylation sites (N-methyl/N-ethyl adjacent to an activating group) is 1. The Morgan fingerprint density at radius 1 is 1.71 bits per heavy atom. The van der Waals surface area contributed by atoms with Crippen molar-refractivity contribution in [2.75, 3.05) is 25.9 Å². The summed E-state index contributed by atoms with van der Waals surface area (Å²) < 4.78 is 5.35. The van der Waals surface area contributed by atoms with Crippen LogP contribution in [-0.2, 0) is 0 Å². The minimum absolute atomic E-state index is 0.427. The van der Waals surface area contributed by atoms with Crippen molar-refractivity contribution in [3.63, 3.8) is 0 Å². The molecule has 0 aliphatic heterocycles. The lowest BCUT2D eigenvalue weighted by atomic mass is 10.4. The Balaban J connectivity index is 2.36. The highest BCUT2D eigenvalue weighted by Crippen LogP contribution is 2.11. The van der Waals surface area contributed by atoms with Gasteiger partial charge in [-0.1, -0.05) is 0 Å². The number of nitriles is 1. The van der Waals surface area contributed by atoms with Crippen LogP contribution in [0.1, 0.15) is 0 Å². The van der Waals surface area contributed by atoms with Crippen LogP contribution >= 0.6 is 0 Å². The van der Waals surface area contributed by atoms with Gasteiger partial charge in [-0.05, 0) is 6.07 Å².